The van der Waals surface area contributed by atoms with Crippen LogP contribution < -0.4 is 16.4 Å². The highest BCUT2D eigenvalue weighted by Gasteiger charge is 2.66. The number of halogens is 1. The monoisotopic (exact) mass is 445 g/mol. The number of benzene rings is 1. The first-order chi connectivity index (χ1) is 15.1. The molecule has 0 bridgehead atoms. The molecule has 3 atom stereocenters. The van der Waals surface area contributed by atoms with Crippen LogP contribution in [0.2, 0.25) is 0 Å². The quantitative estimate of drug-likeness (QED) is 0.355. The zero-order valence-corrected chi connectivity index (χ0v) is 18.1. The van der Waals surface area contributed by atoms with Gasteiger partial charge >= 0.3 is 0 Å². The zero-order valence-electron chi connectivity index (χ0n) is 18.1. The first-order valence-electron chi connectivity index (χ1n) is 10.3. The highest BCUT2D eigenvalue weighted by atomic mass is 19.1. The summed E-state index contributed by atoms with van der Waals surface area (Å²) in [4.78, 5) is 38.6. The van der Waals surface area contributed by atoms with E-state index in [9.17, 15) is 23.9 Å². The number of carbonyl (C=O) groups is 3. The molecule has 1 aliphatic carbocycles. The number of fused-ring (bicyclic) bond motifs is 1. The van der Waals surface area contributed by atoms with Crippen LogP contribution in [0.4, 0.5) is 10.1 Å². The van der Waals surface area contributed by atoms with Gasteiger partial charge in [0.25, 0.3) is 5.91 Å². The third-order valence-electron chi connectivity index (χ3n) is 6.16. The van der Waals surface area contributed by atoms with Crippen molar-refractivity contribution in [3.05, 3.63) is 41.2 Å². The van der Waals surface area contributed by atoms with Crippen molar-refractivity contribution in [2.24, 2.45) is 11.1 Å². The maximum Gasteiger partial charge on any atom is 0.267 e. The average molecular weight is 445 g/mol. The van der Waals surface area contributed by atoms with E-state index in [4.69, 9.17) is 11.1 Å². The molecule has 0 radical (unpaired) electrons. The normalized spacial score (nSPS) is 23.2. The van der Waals surface area contributed by atoms with Crippen molar-refractivity contribution in [2.45, 2.75) is 38.8 Å². The number of carbonyl (C=O) groups excluding carboxylic acids is 3. The maximum atomic E-state index is 13.8. The number of likely N-dealkylation sites (tertiary alicyclic amines) is 1. The van der Waals surface area contributed by atoms with Crippen molar-refractivity contribution in [2.75, 3.05) is 25.0 Å². The van der Waals surface area contributed by atoms with Gasteiger partial charge < -0.3 is 26.4 Å². The minimum atomic E-state index is -0.892. The Morgan fingerprint density at radius 2 is 1.94 bits per heavy atom. The number of hydrogen-bond acceptors (Lipinski definition) is 6. The van der Waals surface area contributed by atoms with Crippen LogP contribution in [-0.2, 0) is 14.4 Å². The SMILES string of the molecule is CC(C)=C(F)CNC(=O)C1CC2(CO)CC2N1C(=O)CNc1ccccc1C(=N)C(N)=O. The number of nitrogens with one attached hydrogen (secondary N) is 3. The highest BCUT2D eigenvalue weighted by Crippen LogP contribution is 2.59. The Kier molecular flexibility index (Phi) is 6.63. The van der Waals surface area contributed by atoms with Gasteiger partial charge in [-0.2, -0.15) is 0 Å². The van der Waals surface area contributed by atoms with Gasteiger partial charge in [0.15, 0.2) is 0 Å². The second-order valence-corrected chi connectivity index (χ2v) is 8.52. The van der Waals surface area contributed by atoms with Crippen LogP contribution >= 0.6 is 0 Å². The number of aliphatic hydroxyl groups excluding tert-OH is 1. The van der Waals surface area contributed by atoms with Crippen molar-refractivity contribution in [3.8, 4) is 0 Å². The lowest BCUT2D eigenvalue weighted by molar-refractivity contribution is -0.138. The summed E-state index contributed by atoms with van der Waals surface area (Å²) >= 11 is 0. The summed E-state index contributed by atoms with van der Waals surface area (Å²) in [5, 5.41) is 23.1. The summed E-state index contributed by atoms with van der Waals surface area (Å²) < 4.78 is 13.8. The van der Waals surface area contributed by atoms with Gasteiger partial charge in [-0.3, -0.25) is 19.8 Å². The van der Waals surface area contributed by atoms with Crippen molar-refractivity contribution in [1.29, 1.82) is 5.41 Å². The van der Waals surface area contributed by atoms with Crippen LogP contribution in [0.3, 0.4) is 0 Å². The third kappa shape index (κ3) is 4.50. The molecule has 6 N–H and O–H groups in total. The number of rotatable bonds is 9. The van der Waals surface area contributed by atoms with Crippen molar-refractivity contribution in [1.82, 2.24) is 10.2 Å². The van der Waals surface area contributed by atoms with Gasteiger partial charge in [0.2, 0.25) is 11.8 Å². The molecule has 1 saturated heterocycles. The molecule has 3 unspecified atom stereocenters. The van der Waals surface area contributed by atoms with E-state index in [1.165, 1.54) is 4.90 Å². The lowest BCUT2D eigenvalue weighted by atomic mass is 10.0. The standard InChI is InChI=1S/C22H28FN5O4/c1-12(2)14(23)9-27-21(32)16-7-22(11-29)8-17(22)28(16)18(30)10-26-15-6-4-3-5-13(15)19(24)20(25)31/h3-6,16-17,24,26,29H,7-11H2,1-2H3,(H2,25,31)(H,27,32). The highest BCUT2D eigenvalue weighted by molar-refractivity contribution is 6.44. The van der Waals surface area contributed by atoms with E-state index in [0.717, 1.165) is 0 Å². The predicted molar refractivity (Wildman–Crippen MR) is 117 cm³/mol. The molecule has 1 aliphatic heterocycles. The number of anilines is 1. The summed E-state index contributed by atoms with van der Waals surface area (Å²) in [6.45, 7) is 2.62. The lowest BCUT2D eigenvalue weighted by Gasteiger charge is -2.27. The Morgan fingerprint density at radius 3 is 2.56 bits per heavy atom. The molecule has 10 heteroatoms. The molecule has 0 spiro atoms. The number of piperidine rings is 1. The van der Waals surface area contributed by atoms with Crippen molar-refractivity contribution < 1.29 is 23.9 Å². The molecule has 2 fully saturated rings. The van der Waals surface area contributed by atoms with E-state index in [1.807, 2.05) is 0 Å². The number of primary amides is 1. The molecule has 0 aromatic heterocycles. The number of allylic oxidation sites excluding steroid dienone is 1. The topological polar surface area (TPSA) is 149 Å². The van der Waals surface area contributed by atoms with Gasteiger partial charge in [-0.25, -0.2) is 4.39 Å². The van der Waals surface area contributed by atoms with E-state index >= 15 is 0 Å². The van der Waals surface area contributed by atoms with E-state index in [1.54, 1.807) is 38.1 Å². The van der Waals surface area contributed by atoms with Crippen molar-refractivity contribution >= 4 is 29.1 Å². The summed E-state index contributed by atoms with van der Waals surface area (Å²) in [6.07, 6.45) is 0.912. The number of nitrogens with two attached hydrogens (primary N) is 1. The molecular formula is C22H28FN5O4. The lowest BCUT2D eigenvalue weighted by Crippen LogP contribution is -2.49. The van der Waals surface area contributed by atoms with Gasteiger partial charge in [-0.15, -0.1) is 0 Å². The summed E-state index contributed by atoms with van der Waals surface area (Å²) in [7, 11) is 0. The molecule has 1 saturated carbocycles. The Balaban J connectivity index is 1.72. The van der Waals surface area contributed by atoms with Gasteiger partial charge in [0.1, 0.15) is 17.6 Å². The number of amides is 3. The summed E-state index contributed by atoms with van der Waals surface area (Å²) in [6, 6.07) is 5.43. The van der Waals surface area contributed by atoms with E-state index < -0.39 is 29.1 Å². The predicted octanol–water partition coefficient (Wildman–Crippen LogP) is 0.683. The van der Waals surface area contributed by atoms with Gasteiger partial charge in [-0.05, 0) is 38.3 Å². The molecule has 1 heterocycles. The summed E-state index contributed by atoms with van der Waals surface area (Å²) in [5.41, 5.74) is 5.42. The molecule has 2 aliphatic rings. The largest absolute Gasteiger partial charge is 0.396 e. The molecule has 1 aromatic rings. The number of nitrogens with zero attached hydrogens (tertiary/aromatic N) is 1. The first-order valence-corrected chi connectivity index (χ1v) is 10.3. The molecule has 172 valence electrons. The molecule has 9 nitrogen and oxygen atoms in total. The Bertz CT molecular complexity index is 990. The molecular weight excluding hydrogens is 417 g/mol. The van der Waals surface area contributed by atoms with Crippen LogP contribution in [0.25, 0.3) is 0 Å². The fourth-order valence-electron chi connectivity index (χ4n) is 4.15. The zero-order chi connectivity index (χ0) is 23.6. The smallest absolute Gasteiger partial charge is 0.267 e. The Hall–Kier alpha value is -3.27. The van der Waals surface area contributed by atoms with Gasteiger partial charge in [-0.1, -0.05) is 18.2 Å². The average Bonchev–Trinajstić information content (AvgIpc) is 3.39. The minimum Gasteiger partial charge on any atom is -0.396 e. The molecule has 3 rings (SSSR count). The fourth-order valence-corrected chi connectivity index (χ4v) is 4.15. The van der Waals surface area contributed by atoms with Crippen LogP contribution in [-0.4, -0.2) is 65.2 Å². The summed E-state index contributed by atoms with van der Waals surface area (Å²) in [5.74, 6) is -2.17. The number of aliphatic hydroxyl groups is 1. The van der Waals surface area contributed by atoms with Gasteiger partial charge in [0.05, 0.1) is 19.7 Å². The number of para-hydroxylation sites is 1. The Labute approximate surface area is 185 Å². The molecule has 3 amide bonds. The van der Waals surface area contributed by atoms with Crippen LogP contribution in [0, 0.1) is 10.8 Å². The third-order valence-corrected chi connectivity index (χ3v) is 6.16. The van der Waals surface area contributed by atoms with E-state index in [0.29, 0.717) is 24.1 Å². The minimum absolute atomic E-state index is 0.139. The van der Waals surface area contributed by atoms with Crippen LogP contribution in [0.15, 0.2) is 35.7 Å². The maximum absolute atomic E-state index is 13.8. The Morgan fingerprint density at radius 1 is 1.25 bits per heavy atom. The van der Waals surface area contributed by atoms with Gasteiger partial charge in [0, 0.05) is 22.7 Å². The second-order valence-electron chi connectivity index (χ2n) is 8.52. The molecule has 32 heavy (non-hydrogen) atoms. The molecule has 1 aromatic carbocycles. The van der Waals surface area contributed by atoms with E-state index in [-0.39, 0.29) is 42.9 Å². The second kappa shape index (κ2) is 9.07. The van der Waals surface area contributed by atoms with Crippen molar-refractivity contribution in [3.63, 3.8) is 0 Å². The van der Waals surface area contributed by atoms with Crippen LogP contribution in [0.1, 0.15) is 32.3 Å². The van der Waals surface area contributed by atoms with Crippen LogP contribution in [0.5, 0.6) is 0 Å². The van der Waals surface area contributed by atoms with E-state index in [2.05, 4.69) is 10.6 Å². The first kappa shape index (κ1) is 23.4. The number of hydrogen-bond donors (Lipinski definition) is 5. The fraction of sp³-hybridized carbons (Fsp3) is 0.455.